The fourth-order valence-electron chi connectivity index (χ4n) is 4.59. The van der Waals surface area contributed by atoms with E-state index in [1.54, 1.807) is 20.3 Å². The largest absolute Gasteiger partial charge is 0.493 e. The second-order valence-corrected chi connectivity index (χ2v) is 8.83. The summed E-state index contributed by atoms with van der Waals surface area (Å²) >= 11 is 0. The molecule has 1 atom stereocenters. The molecule has 2 N–H and O–H groups in total. The van der Waals surface area contributed by atoms with E-state index >= 15 is 0 Å². The summed E-state index contributed by atoms with van der Waals surface area (Å²) in [4.78, 5) is 39.3. The average Bonchev–Trinajstić information content (AvgIpc) is 3.06. The second kappa shape index (κ2) is 9.58. The Hall–Kier alpha value is -2.77. The van der Waals surface area contributed by atoms with Crippen molar-refractivity contribution in [3.05, 3.63) is 23.8 Å². The maximum Gasteiger partial charge on any atom is 0.322 e. The molecule has 1 aromatic carbocycles. The molecule has 2 aliphatic heterocycles. The zero-order valence-corrected chi connectivity index (χ0v) is 18.8. The molecule has 0 saturated carbocycles. The van der Waals surface area contributed by atoms with Gasteiger partial charge in [0.25, 0.3) is 5.91 Å². The first-order valence-electron chi connectivity index (χ1n) is 10.9. The van der Waals surface area contributed by atoms with Crippen LogP contribution in [0.1, 0.15) is 45.1 Å². The molecule has 1 aromatic rings. The average molecular weight is 432 g/mol. The van der Waals surface area contributed by atoms with Gasteiger partial charge in [-0.15, -0.1) is 0 Å². The molecule has 8 nitrogen and oxygen atoms in total. The number of carbonyl (C=O) groups excluding carboxylic acids is 3. The molecule has 2 heterocycles. The maximum absolute atomic E-state index is 12.9. The van der Waals surface area contributed by atoms with E-state index < -0.39 is 11.6 Å². The molecule has 4 amide bonds. The lowest BCUT2D eigenvalue weighted by atomic mass is 9.74. The molecule has 0 radical (unpaired) electrons. The Labute approximate surface area is 183 Å². The Kier molecular flexibility index (Phi) is 7.08. The third-order valence-electron chi connectivity index (χ3n) is 6.43. The van der Waals surface area contributed by atoms with E-state index in [1.165, 1.54) is 0 Å². The van der Waals surface area contributed by atoms with Gasteiger partial charge in [0.05, 0.1) is 20.6 Å². The highest BCUT2D eigenvalue weighted by Gasteiger charge is 2.51. The lowest BCUT2D eigenvalue weighted by molar-refractivity contribution is -0.133. The van der Waals surface area contributed by atoms with Crippen LogP contribution < -0.4 is 20.1 Å². The molecule has 2 aliphatic rings. The predicted molar refractivity (Wildman–Crippen MR) is 116 cm³/mol. The molecule has 0 bridgehead atoms. The highest BCUT2D eigenvalue weighted by molar-refractivity contribution is 6.07. The molecule has 1 unspecified atom stereocenters. The lowest BCUT2D eigenvalue weighted by Gasteiger charge is -2.41. The molecular formula is C23H33N3O5. The number of ether oxygens (including phenoxy) is 2. The SMILES string of the molecule is COc1ccc(CC(=O)N2CCC(C3(CCC(C)C)NC(=O)NC3=O)CC2)cc1OC. The fourth-order valence-corrected chi connectivity index (χ4v) is 4.59. The molecule has 0 aromatic heterocycles. The van der Waals surface area contributed by atoms with Crippen LogP contribution in [0.3, 0.4) is 0 Å². The molecule has 3 rings (SSSR count). The summed E-state index contributed by atoms with van der Waals surface area (Å²) in [6.45, 7) is 5.36. The van der Waals surface area contributed by atoms with E-state index in [0.29, 0.717) is 49.8 Å². The minimum atomic E-state index is -0.861. The first kappa shape index (κ1) is 22.9. The number of methoxy groups -OCH3 is 2. The predicted octanol–water partition coefficient (Wildman–Crippen LogP) is 2.50. The van der Waals surface area contributed by atoms with Gasteiger partial charge in [-0.25, -0.2) is 4.79 Å². The van der Waals surface area contributed by atoms with Crippen LogP contribution in [0, 0.1) is 11.8 Å². The number of hydrogen-bond donors (Lipinski definition) is 2. The smallest absolute Gasteiger partial charge is 0.322 e. The van der Waals surface area contributed by atoms with Crippen molar-refractivity contribution in [2.45, 2.75) is 51.5 Å². The molecule has 31 heavy (non-hydrogen) atoms. The quantitative estimate of drug-likeness (QED) is 0.617. The lowest BCUT2D eigenvalue weighted by Crippen LogP contribution is -2.56. The maximum atomic E-state index is 12.9. The van der Waals surface area contributed by atoms with Crippen molar-refractivity contribution in [2.24, 2.45) is 11.8 Å². The number of carbonyl (C=O) groups is 3. The summed E-state index contributed by atoms with van der Waals surface area (Å²) in [5.41, 5.74) is 0.000408. The van der Waals surface area contributed by atoms with Gasteiger partial charge in [0.2, 0.25) is 5.91 Å². The number of piperidine rings is 1. The van der Waals surface area contributed by atoms with E-state index in [-0.39, 0.29) is 24.2 Å². The first-order valence-corrected chi connectivity index (χ1v) is 10.9. The summed E-state index contributed by atoms with van der Waals surface area (Å²) in [7, 11) is 3.15. The van der Waals surface area contributed by atoms with Crippen LogP contribution in [-0.2, 0) is 16.0 Å². The van der Waals surface area contributed by atoms with Crippen LogP contribution in [0.15, 0.2) is 18.2 Å². The molecule has 0 spiro atoms. The van der Waals surface area contributed by atoms with Crippen molar-refractivity contribution in [2.75, 3.05) is 27.3 Å². The molecule has 2 fully saturated rings. The van der Waals surface area contributed by atoms with Gasteiger partial charge in [0.1, 0.15) is 5.54 Å². The van der Waals surface area contributed by atoms with Gasteiger partial charge in [-0.1, -0.05) is 19.9 Å². The second-order valence-electron chi connectivity index (χ2n) is 8.83. The van der Waals surface area contributed by atoms with Crippen LogP contribution in [-0.4, -0.2) is 55.6 Å². The first-order chi connectivity index (χ1) is 14.8. The molecule has 170 valence electrons. The van der Waals surface area contributed by atoms with Crippen LogP contribution in [0.2, 0.25) is 0 Å². The van der Waals surface area contributed by atoms with Gasteiger partial charge in [0.15, 0.2) is 11.5 Å². The summed E-state index contributed by atoms with van der Waals surface area (Å²) in [6.07, 6.45) is 3.12. The van der Waals surface area contributed by atoms with Crippen molar-refractivity contribution in [1.82, 2.24) is 15.5 Å². The molecule has 2 saturated heterocycles. The topological polar surface area (TPSA) is 97.0 Å². The number of imide groups is 1. The van der Waals surface area contributed by atoms with Crippen molar-refractivity contribution in [3.63, 3.8) is 0 Å². The van der Waals surface area contributed by atoms with E-state index in [1.807, 2.05) is 17.0 Å². The number of rotatable bonds is 8. The minimum absolute atomic E-state index is 0.0165. The van der Waals surface area contributed by atoms with E-state index in [2.05, 4.69) is 24.5 Å². The number of amides is 4. The number of hydrogen-bond acceptors (Lipinski definition) is 5. The summed E-state index contributed by atoms with van der Waals surface area (Å²) in [5.74, 6) is 1.49. The number of nitrogens with zero attached hydrogens (tertiary/aromatic N) is 1. The van der Waals surface area contributed by atoms with Gasteiger partial charge < -0.3 is 19.7 Å². The van der Waals surface area contributed by atoms with Crippen molar-refractivity contribution < 1.29 is 23.9 Å². The normalized spacial score (nSPS) is 21.8. The van der Waals surface area contributed by atoms with Gasteiger partial charge in [-0.3, -0.25) is 14.9 Å². The fraction of sp³-hybridized carbons (Fsp3) is 0.609. The van der Waals surface area contributed by atoms with Crippen molar-refractivity contribution in [1.29, 1.82) is 0 Å². The third kappa shape index (κ3) is 4.94. The zero-order valence-electron chi connectivity index (χ0n) is 18.8. The van der Waals surface area contributed by atoms with Crippen LogP contribution >= 0.6 is 0 Å². The summed E-state index contributed by atoms with van der Waals surface area (Å²) < 4.78 is 10.6. The molecular weight excluding hydrogens is 398 g/mol. The summed E-state index contributed by atoms with van der Waals surface area (Å²) in [6, 6.07) is 5.07. The van der Waals surface area contributed by atoms with Crippen LogP contribution in [0.5, 0.6) is 11.5 Å². The number of benzene rings is 1. The van der Waals surface area contributed by atoms with Gasteiger partial charge in [-0.2, -0.15) is 0 Å². The van der Waals surface area contributed by atoms with Gasteiger partial charge >= 0.3 is 6.03 Å². The van der Waals surface area contributed by atoms with Crippen molar-refractivity contribution in [3.8, 4) is 11.5 Å². The Bertz CT molecular complexity index is 833. The minimum Gasteiger partial charge on any atom is -0.493 e. The van der Waals surface area contributed by atoms with Gasteiger partial charge in [0, 0.05) is 13.1 Å². The highest BCUT2D eigenvalue weighted by Crippen LogP contribution is 2.36. The van der Waals surface area contributed by atoms with Crippen molar-refractivity contribution >= 4 is 17.8 Å². The monoisotopic (exact) mass is 431 g/mol. The number of urea groups is 1. The standard InChI is InChI=1S/C23H33N3O5/c1-15(2)7-10-23(21(28)24-22(29)25-23)17-8-11-26(12-9-17)20(27)14-16-5-6-18(30-3)19(13-16)31-4/h5-6,13,15,17H,7-12,14H2,1-4H3,(H2,24,25,28,29). The van der Waals surface area contributed by atoms with Crippen LogP contribution in [0.4, 0.5) is 4.79 Å². The Morgan fingerprint density at radius 3 is 2.39 bits per heavy atom. The van der Waals surface area contributed by atoms with E-state index in [4.69, 9.17) is 9.47 Å². The zero-order chi connectivity index (χ0) is 22.6. The summed E-state index contributed by atoms with van der Waals surface area (Å²) in [5, 5.41) is 5.34. The Balaban J connectivity index is 1.63. The molecule has 8 heteroatoms. The Morgan fingerprint density at radius 2 is 1.84 bits per heavy atom. The number of nitrogens with one attached hydrogen (secondary N) is 2. The van der Waals surface area contributed by atoms with Gasteiger partial charge in [-0.05, 0) is 55.2 Å². The number of likely N-dealkylation sites (tertiary alicyclic amines) is 1. The van der Waals surface area contributed by atoms with E-state index in [9.17, 15) is 14.4 Å². The van der Waals surface area contributed by atoms with E-state index in [0.717, 1.165) is 12.0 Å². The molecule has 0 aliphatic carbocycles. The Morgan fingerprint density at radius 1 is 1.16 bits per heavy atom. The van der Waals surface area contributed by atoms with Crippen LogP contribution in [0.25, 0.3) is 0 Å². The third-order valence-corrected chi connectivity index (χ3v) is 6.43. The highest BCUT2D eigenvalue weighted by atomic mass is 16.5.